The van der Waals surface area contributed by atoms with E-state index in [1.807, 2.05) is 12.2 Å². The van der Waals surface area contributed by atoms with E-state index in [1.165, 1.54) is 0 Å². The third-order valence-electron chi connectivity index (χ3n) is 2.44. The number of nitrogens with one attached hydrogen (secondary N) is 1. The van der Waals surface area contributed by atoms with Gasteiger partial charge in [0.2, 0.25) is 0 Å². The third kappa shape index (κ3) is 0.947. The lowest BCUT2D eigenvalue weighted by molar-refractivity contribution is 0.618. The zero-order valence-corrected chi connectivity index (χ0v) is 6.75. The van der Waals surface area contributed by atoms with Crippen LogP contribution in [0.25, 0.3) is 0 Å². The first-order chi connectivity index (χ1) is 5.81. The first kappa shape index (κ1) is 7.17. The highest BCUT2D eigenvalue weighted by molar-refractivity contribution is 5.40. The second-order valence-corrected chi connectivity index (χ2v) is 3.19. The summed E-state index contributed by atoms with van der Waals surface area (Å²) < 4.78 is 0. The Balaban J connectivity index is 2.31. The van der Waals surface area contributed by atoms with E-state index in [9.17, 15) is 0 Å². The third-order valence-corrected chi connectivity index (χ3v) is 2.44. The SMILES string of the molecule is C=C1NCC2C=CC(C#N)=CC12. The molecule has 0 aromatic heterocycles. The van der Waals surface area contributed by atoms with Gasteiger partial charge < -0.3 is 5.32 Å². The summed E-state index contributed by atoms with van der Waals surface area (Å²) in [5.41, 5.74) is 1.79. The Labute approximate surface area is 71.9 Å². The van der Waals surface area contributed by atoms with Crippen LogP contribution < -0.4 is 5.32 Å². The molecule has 2 aliphatic rings. The van der Waals surface area contributed by atoms with Gasteiger partial charge in [-0.1, -0.05) is 18.7 Å². The minimum Gasteiger partial charge on any atom is -0.388 e. The van der Waals surface area contributed by atoms with Crippen LogP contribution in [0.1, 0.15) is 0 Å². The van der Waals surface area contributed by atoms with Crippen molar-refractivity contribution < 1.29 is 0 Å². The summed E-state index contributed by atoms with van der Waals surface area (Å²) in [4.78, 5) is 0. The Morgan fingerprint density at radius 1 is 1.67 bits per heavy atom. The standard InChI is InChI=1S/C10H10N2/c1-7-10-4-8(5-11)2-3-9(10)6-12-7/h2-4,9-10,12H,1,6H2. The molecule has 2 unspecified atom stereocenters. The van der Waals surface area contributed by atoms with E-state index in [-0.39, 0.29) is 0 Å². The summed E-state index contributed by atoms with van der Waals surface area (Å²) in [5.74, 6) is 0.847. The largest absolute Gasteiger partial charge is 0.388 e. The summed E-state index contributed by atoms with van der Waals surface area (Å²) in [6.45, 7) is 4.86. The van der Waals surface area contributed by atoms with E-state index in [2.05, 4.69) is 24.0 Å². The molecule has 1 saturated heterocycles. The maximum Gasteiger partial charge on any atom is 0.0988 e. The highest BCUT2D eigenvalue weighted by atomic mass is 14.9. The van der Waals surface area contributed by atoms with Gasteiger partial charge in [0.1, 0.15) is 0 Å². The molecule has 0 radical (unpaired) electrons. The number of nitrogens with zero attached hydrogens (tertiary/aromatic N) is 1. The van der Waals surface area contributed by atoms with Crippen molar-refractivity contribution in [2.45, 2.75) is 0 Å². The predicted molar refractivity (Wildman–Crippen MR) is 47.0 cm³/mol. The molecule has 0 spiro atoms. The highest BCUT2D eigenvalue weighted by Crippen LogP contribution is 2.31. The van der Waals surface area contributed by atoms with Crippen molar-refractivity contribution in [3.63, 3.8) is 0 Å². The van der Waals surface area contributed by atoms with Gasteiger partial charge in [-0.25, -0.2) is 0 Å². The van der Waals surface area contributed by atoms with Crippen LogP contribution in [0.4, 0.5) is 0 Å². The molecular weight excluding hydrogens is 148 g/mol. The average molecular weight is 158 g/mol. The number of rotatable bonds is 0. The lowest BCUT2D eigenvalue weighted by atomic mass is 9.87. The van der Waals surface area contributed by atoms with Gasteiger partial charge in [0.15, 0.2) is 0 Å². The van der Waals surface area contributed by atoms with Gasteiger partial charge in [0.25, 0.3) is 0 Å². The lowest BCUT2D eigenvalue weighted by Crippen LogP contribution is -2.09. The minimum atomic E-state index is 0.338. The summed E-state index contributed by atoms with van der Waals surface area (Å²) in [6, 6.07) is 2.14. The van der Waals surface area contributed by atoms with Crippen LogP contribution in [0, 0.1) is 23.2 Å². The molecule has 0 aromatic rings. The van der Waals surface area contributed by atoms with Gasteiger partial charge >= 0.3 is 0 Å². The summed E-state index contributed by atoms with van der Waals surface area (Å²) >= 11 is 0. The lowest BCUT2D eigenvalue weighted by Gasteiger charge is -2.14. The van der Waals surface area contributed by atoms with Crippen molar-refractivity contribution in [1.29, 1.82) is 5.26 Å². The maximum atomic E-state index is 8.68. The first-order valence-corrected chi connectivity index (χ1v) is 4.04. The molecule has 1 N–H and O–H groups in total. The minimum absolute atomic E-state index is 0.338. The normalized spacial score (nSPS) is 31.9. The number of hydrogen-bond donors (Lipinski definition) is 1. The molecule has 1 aliphatic heterocycles. The molecule has 2 nitrogen and oxygen atoms in total. The molecule has 60 valence electrons. The molecular formula is C10H10N2. The zero-order valence-electron chi connectivity index (χ0n) is 6.75. The molecule has 2 rings (SSSR count). The monoisotopic (exact) mass is 158 g/mol. The number of nitriles is 1. The van der Waals surface area contributed by atoms with Gasteiger partial charge in [-0.2, -0.15) is 5.26 Å². The molecule has 2 atom stereocenters. The van der Waals surface area contributed by atoms with Crippen LogP contribution in [0.15, 0.2) is 36.1 Å². The van der Waals surface area contributed by atoms with Crippen LogP contribution in [0.3, 0.4) is 0 Å². The Kier molecular flexibility index (Phi) is 1.51. The quantitative estimate of drug-likeness (QED) is 0.577. The van der Waals surface area contributed by atoms with Crippen molar-refractivity contribution in [2.75, 3.05) is 6.54 Å². The Morgan fingerprint density at radius 3 is 3.25 bits per heavy atom. The summed E-state index contributed by atoms with van der Waals surface area (Å²) in [7, 11) is 0. The van der Waals surface area contributed by atoms with Crippen LogP contribution in [0.5, 0.6) is 0 Å². The van der Waals surface area contributed by atoms with E-state index in [4.69, 9.17) is 5.26 Å². The van der Waals surface area contributed by atoms with Crippen molar-refractivity contribution in [2.24, 2.45) is 11.8 Å². The van der Waals surface area contributed by atoms with E-state index in [0.29, 0.717) is 11.8 Å². The van der Waals surface area contributed by atoms with Crippen molar-refractivity contribution in [3.05, 3.63) is 36.1 Å². The Morgan fingerprint density at radius 2 is 2.50 bits per heavy atom. The predicted octanol–water partition coefficient (Wildman–Crippen LogP) is 1.36. The van der Waals surface area contributed by atoms with Crippen LogP contribution in [-0.4, -0.2) is 6.54 Å². The fourth-order valence-electron chi connectivity index (χ4n) is 1.71. The number of hydrogen-bond acceptors (Lipinski definition) is 2. The first-order valence-electron chi connectivity index (χ1n) is 4.04. The molecule has 2 heteroatoms. The van der Waals surface area contributed by atoms with Crippen molar-refractivity contribution >= 4 is 0 Å². The molecule has 1 heterocycles. The maximum absolute atomic E-state index is 8.68. The van der Waals surface area contributed by atoms with E-state index in [1.54, 1.807) is 0 Å². The number of allylic oxidation sites excluding steroid dienone is 3. The molecule has 1 aliphatic carbocycles. The van der Waals surface area contributed by atoms with Gasteiger partial charge in [0.05, 0.1) is 6.07 Å². The summed E-state index contributed by atoms with van der Waals surface area (Å²) in [5, 5.41) is 11.9. The second kappa shape index (κ2) is 2.53. The smallest absolute Gasteiger partial charge is 0.0988 e. The molecule has 0 bridgehead atoms. The zero-order chi connectivity index (χ0) is 8.55. The molecule has 12 heavy (non-hydrogen) atoms. The fraction of sp³-hybridized carbons (Fsp3) is 0.300. The van der Waals surface area contributed by atoms with Crippen molar-refractivity contribution in [3.8, 4) is 6.07 Å². The van der Waals surface area contributed by atoms with Crippen molar-refractivity contribution in [1.82, 2.24) is 5.32 Å². The number of fused-ring (bicyclic) bond motifs is 1. The van der Waals surface area contributed by atoms with E-state index >= 15 is 0 Å². The van der Waals surface area contributed by atoms with Crippen LogP contribution >= 0.6 is 0 Å². The topological polar surface area (TPSA) is 35.8 Å². The second-order valence-electron chi connectivity index (χ2n) is 3.19. The molecule has 0 aromatic carbocycles. The molecule has 0 saturated carbocycles. The molecule has 0 amide bonds. The highest BCUT2D eigenvalue weighted by Gasteiger charge is 2.28. The van der Waals surface area contributed by atoms with Crippen LogP contribution in [0.2, 0.25) is 0 Å². The van der Waals surface area contributed by atoms with Crippen LogP contribution in [-0.2, 0) is 0 Å². The van der Waals surface area contributed by atoms with E-state index < -0.39 is 0 Å². The Bertz CT molecular complexity index is 317. The van der Waals surface area contributed by atoms with E-state index in [0.717, 1.165) is 17.8 Å². The molecule has 1 fully saturated rings. The van der Waals surface area contributed by atoms with Gasteiger partial charge in [-0.3, -0.25) is 0 Å². The van der Waals surface area contributed by atoms with Gasteiger partial charge in [0, 0.05) is 29.7 Å². The average Bonchev–Trinajstić information content (AvgIpc) is 2.47. The fourth-order valence-corrected chi connectivity index (χ4v) is 1.71. The Hall–Kier alpha value is -1.49. The summed E-state index contributed by atoms with van der Waals surface area (Å²) in [6.07, 6.45) is 5.98. The van der Waals surface area contributed by atoms with Gasteiger partial charge in [-0.15, -0.1) is 0 Å². The van der Waals surface area contributed by atoms with Gasteiger partial charge in [-0.05, 0) is 6.08 Å².